The molecule has 1 aliphatic carbocycles. The molecule has 10 heavy (non-hydrogen) atoms. The van der Waals surface area contributed by atoms with Crippen LogP contribution in [0.3, 0.4) is 0 Å². The minimum absolute atomic E-state index is 0.833. The molecule has 0 aromatic rings. The van der Waals surface area contributed by atoms with Crippen molar-refractivity contribution in [2.24, 2.45) is 23.5 Å². The van der Waals surface area contributed by atoms with Crippen LogP contribution >= 0.6 is 0 Å². The number of hydrogen-bond donors (Lipinski definition) is 1. The van der Waals surface area contributed by atoms with Gasteiger partial charge in [-0.2, -0.15) is 0 Å². The second-order valence-corrected chi connectivity index (χ2v) is 3.72. The van der Waals surface area contributed by atoms with E-state index >= 15 is 0 Å². The van der Waals surface area contributed by atoms with Gasteiger partial charge in [0.25, 0.3) is 0 Å². The number of nitrogens with two attached hydrogens (primary N) is 1. The molecular formula is C9H19N. The highest BCUT2D eigenvalue weighted by atomic mass is 14.6. The van der Waals surface area contributed by atoms with E-state index in [4.69, 9.17) is 5.73 Å². The van der Waals surface area contributed by atoms with E-state index in [-0.39, 0.29) is 0 Å². The van der Waals surface area contributed by atoms with Crippen molar-refractivity contribution in [2.45, 2.75) is 33.1 Å². The Bertz CT molecular complexity index is 101. The van der Waals surface area contributed by atoms with E-state index in [0.29, 0.717) is 0 Å². The Morgan fingerprint density at radius 3 is 2.40 bits per heavy atom. The van der Waals surface area contributed by atoms with Gasteiger partial charge in [-0.1, -0.05) is 20.3 Å². The molecule has 0 aromatic heterocycles. The summed E-state index contributed by atoms with van der Waals surface area (Å²) in [5.41, 5.74) is 5.61. The van der Waals surface area contributed by atoms with Gasteiger partial charge in [-0.05, 0) is 37.1 Å². The summed E-state index contributed by atoms with van der Waals surface area (Å²) in [7, 11) is 0. The summed E-state index contributed by atoms with van der Waals surface area (Å²) in [5, 5.41) is 0. The molecule has 1 fully saturated rings. The monoisotopic (exact) mass is 141 g/mol. The van der Waals surface area contributed by atoms with E-state index in [1.807, 2.05) is 0 Å². The van der Waals surface area contributed by atoms with E-state index in [0.717, 1.165) is 24.3 Å². The highest BCUT2D eigenvalue weighted by molar-refractivity contribution is 4.80. The fraction of sp³-hybridized carbons (Fsp3) is 1.00. The van der Waals surface area contributed by atoms with Crippen LogP contribution in [0.1, 0.15) is 33.1 Å². The van der Waals surface area contributed by atoms with Crippen LogP contribution in [0.2, 0.25) is 0 Å². The molecular weight excluding hydrogens is 122 g/mol. The molecule has 0 radical (unpaired) electrons. The maximum absolute atomic E-state index is 5.61. The third-order valence-electron chi connectivity index (χ3n) is 3.00. The van der Waals surface area contributed by atoms with Gasteiger partial charge in [-0.3, -0.25) is 0 Å². The SMILES string of the molecule is CC[C@@H]1C[C@H](CN)CC1C. The zero-order valence-electron chi connectivity index (χ0n) is 7.14. The smallest absolute Gasteiger partial charge is 0.00487 e. The second-order valence-electron chi connectivity index (χ2n) is 3.72. The second kappa shape index (κ2) is 3.38. The van der Waals surface area contributed by atoms with Gasteiger partial charge >= 0.3 is 0 Å². The van der Waals surface area contributed by atoms with Crippen LogP contribution < -0.4 is 5.73 Å². The Balaban J connectivity index is 2.36. The molecule has 0 saturated heterocycles. The highest BCUT2D eigenvalue weighted by Gasteiger charge is 2.28. The zero-order valence-corrected chi connectivity index (χ0v) is 7.14. The highest BCUT2D eigenvalue weighted by Crippen LogP contribution is 2.37. The van der Waals surface area contributed by atoms with Gasteiger partial charge in [0.15, 0.2) is 0 Å². The molecule has 1 saturated carbocycles. The van der Waals surface area contributed by atoms with Gasteiger partial charge in [0, 0.05) is 0 Å². The van der Waals surface area contributed by atoms with Crippen LogP contribution in [0.5, 0.6) is 0 Å². The third kappa shape index (κ3) is 1.51. The molecule has 0 amide bonds. The van der Waals surface area contributed by atoms with Crippen molar-refractivity contribution in [3.63, 3.8) is 0 Å². The van der Waals surface area contributed by atoms with Crippen LogP contribution in [0.4, 0.5) is 0 Å². The molecule has 1 heteroatoms. The van der Waals surface area contributed by atoms with Gasteiger partial charge in [0.05, 0.1) is 0 Å². The van der Waals surface area contributed by atoms with E-state index in [9.17, 15) is 0 Å². The summed E-state index contributed by atoms with van der Waals surface area (Å²) in [6.07, 6.45) is 4.10. The topological polar surface area (TPSA) is 26.0 Å². The molecule has 0 aromatic carbocycles. The van der Waals surface area contributed by atoms with E-state index in [1.165, 1.54) is 19.3 Å². The van der Waals surface area contributed by atoms with Crippen molar-refractivity contribution < 1.29 is 0 Å². The van der Waals surface area contributed by atoms with Crippen LogP contribution in [-0.4, -0.2) is 6.54 Å². The minimum atomic E-state index is 0.833. The number of rotatable bonds is 2. The molecule has 1 unspecified atom stereocenters. The van der Waals surface area contributed by atoms with Crippen molar-refractivity contribution in [2.75, 3.05) is 6.54 Å². The van der Waals surface area contributed by atoms with Gasteiger partial charge in [0.2, 0.25) is 0 Å². The molecule has 60 valence electrons. The lowest BCUT2D eigenvalue weighted by atomic mass is 9.96. The first kappa shape index (κ1) is 8.06. The minimum Gasteiger partial charge on any atom is -0.330 e. The molecule has 1 nitrogen and oxygen atoms in total. The average Bonchev–Trinajstić information content (AvgIpc) is 2.30. The molecule has 0 heterocycles. The lowest BCUT2D eigenvalue weighted by Crippen LogP contribution is -2.10. The Labute approximate surface area is 64.0 Å². The first-order chi connectivity index (χ1) is 4.77. The van der Waals surface area contributed by atoms with Crippen LogP contribution in [0, 0.1) is 17.8 Å². The first-order valence-electron chi connectivity index (χ1n) is 4.48. The van der Waals surface area contributed by atoms with Crippen molar-refractivity contribution >= 4 is 0 Å². The Morgan fingerprint density at radius 1 is 1.40 bits per heavy atom. The van der Waals surface area contributed by atoms with Crippen molar-refractivity contribution in [3.05, 3.63) is 0 Å². The lowest BCUT2D eigenvalue weighted by Gasteiger charge is -2.10. The molecule has 2 N–H and O–H groups in total. The van der Waals surface area contributed by atoms with Crippen molar-refractivity contribution in [3.8, 4) is 0 Å². The Kier molecular flexibility index (Phi) is 2.72. The van der Waals surface area contributed by atoms with E-state index < -0.39 is 0 Å². The molecule has 0 spiro atoms. The quantitative estimate of drug-likeness (QED) is 0.625. The van der Waals surface area contributed by atoms with Gasteiger partial charge in [-0.15, -0.1) is 0 Å². The van der Waals surface area contributed by atoms with Gasteiger partial charge in [-0.25, -0.2) is 0 Å². The molecule has 0 aliphatic heterocycles. The number of hydrogen-bond acceptors (Lipinski definition) is 1. The summed E-state index contributed by atoms with van der Waals surface area (Å²) >= 11 is 0. The zero-order chi connectivity index (χ0) is 7.56. The van der Waals surface area contributed by atoms with E-state index in [1.54, 1.807) is 0 Å². The summed E-state index contributed by atoms with van der Waals surface area (Å²) in [4.78, 5) is 0. The van der Waals surface area contributed by atoms with Gasteiger partial charge < -0.3 is 5.73 Å². The van der Waals surface area contributed by atoms with Gasteiger partial charge in [0.1, 0.15) is 0 Å². The molecule has 3 atom stereocenters. The third-order valence-corrected chi connectivity index (χ3v) is 3.00. The lowest BCUT2D eigenvalue weighted by molar-refractivity contribution is 0.406. The van der Waals surface area contributed by atoms with Crippen molar-refractivity contribution in [1.29, 1.82) is 0 Å². The molecule has 1 aliphatic rings. The summed E-state index contributed by atoms with van der Waals surface area (Å²) in [6.45, 7) is 5.56. The van der Waals surface area contributed by atoms with Crippen LogP contribution in [0.25, 0.3) is 0 Å². The predicted octanol–water partition coefficient (Wildman–Crippen LogP) is 2.02. The first-order valence-corrected chi connectivity index (χ1v) is 4.48. The summed E-state index contributed by atoms with van der Waals surface area (Å²) in [6, 6.07) is 0. The maximum Gasteiger partial charge on any atom is -0.00487 e. The Morgan fingerprint density at radius 2 is 2.10 bits per heavy atom. The largest absolute Gasteiger partial charge is 0.330 e. The van der Waals surface area contributed by atoms with E-state index in [2.05, 4.69) is 13.8 Å². The fourth-order valence-corrected chi connectivity index (χ4v) is 2.24. The maximum atomic E-state index is 5.61. The summed E-state index contributed by atoms with van der Waals surface area (Å²) in [5.74, 6) is 2.73. The molecule has 1 rings (SSSR count). The Hall–Kier alpha value is -0.0400. The predicted molar refractivity (Wildman–Crippen MR) is 44.7 cm³/mol. The standard InChI is InChI=1S/C9H19N/c1-3-9-5-8(6-10)4-7(9)2/h7-9H,3-6,10H2,1-2H3/t7?,8-,9-/m1/s1. The van der Waals surface area contributed by atoms with Crippen molar-refractivity contribution in [1.82, 2.24) is 0 Å². The molecule has 0 bridgehead atoms. The van der Waals surface area contributed by atoms with Crippen LogP contribution in [-0.2, 0) is 0 Å². The average molecular weight is 141 g/mol. The van der Waals surface area contributed by atoms with Crippen LogP contribution in [0.15, 0.2) is 0 Å². The normalized spacial score (nSPS) is 40.5. The summed E-state index contributed by atoms with van der Waals surface area (Å²) < 4.78 is 0. The fourth-order valence-electron chi connectivity index (χ4n) is 2.24.